The average molecular weight is 294 g/mol. The molecule has 0 radical (unpaired) electrons. The number of hydrogen-bond acceptors (Lipinski definition) is 1. The predicted octanol–water partition coefficient (Wildman–Crippen LogP) is 2.42. The molecule has 0 amide bonds. The molecule has 0 saturated carbocycles. The summed E-state index contributed by atoms with van der Waals surface area (Å²) in [5.74, 6) is -0.434. The Morgan fingerprint density at radius 2 is 2.00 bits per heavy atom. The zero-order valence-electron chi connectivity index (χ0n) is 7.36. The Labute approximate surface area is 80.8 Å². The van der Waals surface area contributed by atoms with Gasteiger partial charge in [-0.05, 0) is 0 Å². The predicted molar refractivity (Wildman–Crippen MR) is 52.2 cm³/mol. The molecular weight excluding hydrogens is 283 g/mol. The Morgan fingerprint density at radius 3 is 2.42 bits per heavy atom. The quantitative estimate of drug-likeness (QED) is 0.725. The van der Waals surface area contributed by atoms with Crippen molar-refractivity contribution in [3.05, 3.63) is 23.1 Å². The number of aromatic nitrogens is 1. The summed E-state index contributed by atoms with van der Waals surface area (Å²) < 4.78 is 13.7. The van der Waals surface area contributed by atoms with E-state index in [2.05, 4.69) is 19.8 Å². The molecule has 0 N–H and O–H groups in total. The number of pyridine rings is 1. The van der Waals surface area contributed by atoms with Crippen LogP contribution in [-0.4, -0.2) is 23.4 Å². The van der Waals surface area contributed by atoms with Crippen molar-refractivity contribution in [3.8, 4) is 0 Å². The van der Waals surface area contributed by atoms with Gasteiger partial charge in [-0.15, -0.1) is 0 Å². The van der Waals surface area contributed by atoms with Crippen LogP contribution in [0.2, 0.25) is 19.8 Å². The molecule has 1 heterocycles. The fraction of sp³-hybridized carbons (Fsp3) is 0.375. The molecule has 0 unspecified atom stereocenters. The van der Waals surface area contributed by atoms with Crippen LogP contribution in [0.15, 0.2) is 12.3 Å². The van der Waals surface area contributed by atoms with Crippen molar-refractivity contribution in [2.45, 2.75) is 14.8 Å². The second-order valence-corrected chi connectivity index (χ2v) is 18.4. The number of halogens is 2. The van der Waals surface area contributed by atoms with E-state index in [0.29, 0.717) is 0 Å². The van der Waals surface area contributed by atoms with E-state index < -0.39 is 24.2 Å². The molecule has 66 valence electrons. The van der Waals surface area contributed by atoms with E-state index in [9.17, 15) is 4.39 Å². The Balaban J connectivity index is 3.14. The Kier molecular flexibility index (Phi) is 2.99. The third kappa shape index (κ3) is 2.33. The van der Waals surface area contributed by atoms with Gasteiger partial charge in [0, 0.05) is 0 Å². The van der Waals surface area contributed by atoms with Crippen LogP contribution in [0, 0.1) is 5.82 Å². The molecule has 0 atom stereocenters. The van der Waals surface area contributed by atoms with Gasteiger partial charge in [0.2, 0.25) is 0 Å². The van der Waals surface area contributed by atoms with Gasteiger partial charge in [0.05, 0.1) is 0 Å². The topological polar surface area (TPSA) is 12.9 Å². The van der Waals surface area contributed by atoms with E-state index in [1.54, 1.807) is 6.07 Å². The van der Waals surface area contributed by atoms with E-state index in [0.717, 1.165) is 3.71 Å². The first-order chi connectivity index (χ1) is 5.41. The molecule has 1 aromatic rings. The summed E-state index contributed by atoms with van der Waals surface area (Å²) in [5.41, 5.74) is 0. The molecule has 0 bridgehead atoms. The molecule has 1 rings (SSSR count). The molecule has 0 aliphatic carbocycles. The van der Waals surface area contributed by atoms with Crippen molar-refractivity contribution >= 4 is 33.7 Å². The summed E-state index contributed by atoms with van der Waals surface area (Å²) in [4.78, 5) is 10.7. The first-order valence-electron chi connectivity index (χ1n) is 3.73. The van der Waals surface area contributed by atoms with Crippen molar-refractivity contribution in [3.63, 3.8) is 0 Å². The summed E-state index contributed by atoms with van der Waals surface area (Å²) >= 11 is 3.49. The molecule has 1 aromatic heterocycles. The van der Waals surface area contributed by atoms with Gasteiger partial charge in [0.1, 0.15) is 0 Å². The zero-order chi connectivity index (χ0) is 9.35. The molecule has 0 saturated heterocycles. The Hall–Kier alpha value is 0.169. The van der Waals surface area contributed by atoms with Crippen molar-refractivity contribution in [1.82, 2.24) is 4.98 Å². The number of rotatable bonds is 1. The maximum atomic E-state index is 12.7. The number of nitrogens with zero attached hydrogens (tertiary/aromatic N) is 1. The van der Waals surface area contributed by atoms with Crippen LogP contribution in [0.5, 0.6) is 0 Å². The van der Waals surface area contributed by atoms with Crippen LogP contribution >= 0.6 is 11.6 Å². The van der Waals surface area contributed by atoms with Crippen LogP contribution < -0.4 is 3.71 Å². The standard InChI is InChI=1S/C5H2ClFN.3CH3.Sn/c6-4-1-2-8-3-5(4)7;;;;/h1,3H;3*1H3;. The summed E-state index contributed by atoms with van der Waals surface area (Å²) in [6, 6.07) is 1.66. The monoisotopic (exact) mass is 295 g/mol. The van der Waals surface area contributed by atoms with Crippen molar-refractivity contribution in [1.29, 1.82) is 0 Å². The first-order valence-corrected chi connectivity index (χ1v) is 14.1. The summed E-state index contributed by atoms with van der Waals surface area (Å²) in [5, 5.41) is 0.187. The Morgan fingerprint density at radius 1 is 1.42 bits per heavy atom. The molecule has 12 heavy (non-hydrogen) atoms. The van der Waals surface area contributed by atoms with E-state index >= 15 is 0 Å². The maximum absolute atomic E-state index is 12.7. The molecule has 1 nitrogen and oxygen atoms in total. The van der Waals surface area contributed by atoms with E-state index in [1.807, 2.05) is 0 Å². The molecule has 0 fully saturated rings. The Bertz CT molecular complexity index is 296. The van der Waals surface area contributed by atoms with Gasteiger partial charge in [0.25, 0.3) is 0 Å². The normalized spacial score (nSPS) is 11.8. The molecular formula is C8H11ClFNSn. The van der Waals surface area contributed by atoms with Gasteiger partial charge in [-0.1, -0.05) is 0 Å². The molecule has 0 spiro atoms. The van der Waals surface area contributed by atoms with Crippen LogP contribution in [0.3, 0.4) is 0 Å². The third-order valence-electron chi connectivity index (χ3n) is 1.58. The second-order valence-electron chi connectivity index (χ2n) is 3.73. The molecule has 4 heteroatoms. The van der Waals surface area contributed by atoms with E-state index in [-0.39, 0.29) is 5.02 Å². The molecule has 0 aliphatic heterocycles. The third-order valence-corrected chi connectivity index (χ3v) is 7.03. The van der Waals surface area contributed by atoms with Crippen LogP contribution in [0.4, 0.5) is 4.39 Å². The van der Waals surface area contributed by atoms with Crippen LogP contribution in [0.25, 0.3) is 0 Å². The zero-order valence-corrected chi connectivity index (χ0v) is 11.0. The molecule has 0 aromatic carbocycles. The second kappa shape index (κ2) is 3.50. The van der Waals surface area contributed by atoms with Crippen molar-refractivity contribution in [2.24, 2.45) is 0 Å². The SMILES string of the molecule is [CH3][Sn]([CH3])([CH3])[c]1cc(Cl)c(F)cn1. The van der Waals surface area contributed by atoms with Gasteiger partial charge in [0.15, 0.2) is 0 Å². The summed E-state index contributed by atoms with van der Waals surface area (Å²) in [7, 11) is 0. The van der Waals surface area contributed by atoms with Gasteiger partial charge in [-0.2, -0.15) is 0 Å². The fourth-order valence-electron chi connectivity index (χ4n) is 0.824. The van der Waals surface area contributed by atoms with Gasteiger partial charge < -0.3 is 0 Å². The number of hydrogen-bond donors (Lipinski definition) is 0. The minimum atomic E-state index is -2.15. The van der Waals surface area contributed by atoms with E-state index in [4.69, 9.17) is 11.6 Å². The van der Waals surface area contributed by atoms with Crippen molar-refractivity contribution in [2.75, 3.05) is 0 Å². The van der Waals surface area contributed by atoms with Crippen molar-refractivity contribution < 1.29 is 4.39 Å². The summed E-state index contributed by atoms with van der Waals surface area (Å²) in [6.45, 7) is 0. The van der Waals surface area contributed by atoms with Gasteiger partial charge >= 0.3 is 81.0 Å². The molecule has 0 aliphatic rings. The average Bonchev–Trinajstić information content (AvgIpc) is 1.92. The minimum absolute atomic E-state index is 0.187. The van der Waals surface area contributed by atoms with Gasteiger partial charge in [-0.3, -0.25) is 0 Å². The van der Waals surface area contributed by atoms with Crippen LogP contribution in [0.1, 0.15) is 0 Å². The fourth-order valence-corrected chi connectivity index (χ4v) is 4.17. The summed E-state index contributed by atoms with van der Waals surface area (Å²) in [6.07, 6.45) is 1.21. The van der Waals surface area contributed by atoms with E-state index in [1.165, 1.54) is 6.20 Å². The first kappa shape index (κ1) is 10.3. The van der Waals surface area contributed by atoms with Crippen LogP contribution in [-0.2, 0) is 0 Å². The van der Waals surface area contributed by atoms with Gasteiger partial charge in [-0.25, -0.2) is 0 Å².